The van der Waals surface area contributed by atoms with Crippen LogP contribution in [-0.2, 0) is 4.79 Å². The molecule has 0 unspecified atom stereocenters. The molecule has 3 rings (SSSR count). The molecule has 1 aromatic carbocycles. The highest BCUT2D eigenvalue weighted by Gasteiger charge is 2.47. The number of ether oxygens (including phenoxy) is 1. The average Bonchev–Trinajstić information content (AvgIpc) is 2.25. The van der Waals surface area contributed by atoms with Gasteiger partial charge in [0.2, 0.25) is 5.91 Å². The highest BCUT2D eigenvalue weighted by atomic mass is 19.1. The minimum atomic E-state index is -0.490. The van der Waals surface area contributed by atoms with Crippen LogP contribution in [0.3, 0.4) is 0 Å². The second kappa shape index (κ2) is 3.35. The van der Waals surface area contributed by atoms with Crippen molar-refractivity contribution in [3.05, 3.63) is 17.9 Å². The lowest BCUT2D eigenvalue weighted by atomic mass is 9.74. The SMILES string of the molecule is COc1cc2c(cc1F)NC(=O)C1(CCC1)N2. The van der Waals surface area contributed by atoms with Crippen LogP contribution in [0.5, 0.6) is 5.75 Å². The van der Waals surface area contributed by atoms with Crippen molar-refractivity contribution in [3.8, 4) is 5.75 Å². The van der Waals surface area contributed by atoms with Gasteiger partial charge in [-0.05, 0) is 19.3 Å². The summed E-state index contributed by atoms with van der Waals surface area (Å²) in [5.74, 6) is -0.361. The minimum Gasteiger partial charge on any atom is -0.494 e. The molecule has 1 aliphatic carbocycles. The highest BCUT2D eigenvalue weighted by Crippen LogP contribution is 2.43. The van der Waals surface area contributed by atoms with Crippen LogP contribution in [0.2, 0.25) is 0 Å². The first-order valence-electron chi connectivity index (χ1n) is 5.62. The van der Waals surface area contributed by atoms with Crippen molar-refractivity contribution >= 4 is 17.3 Å². The van der Waals surface area contributed by atoms with E-state index in [1.807, 2.05) is 0 Å². The molecule has 1 fully saturated rings. The van der Waals surface area contributed by atoms with E-state index >= 15 is 0 Å². The summed E-state index contributed by atoms with van der Waals surface area (Å²) in [5, 5.41) is 5.95. The smallest absolute Gasteiger partial charge is 0.250 e. The predicted octanol–water partition coefficient (Wildman–Crippen LogP) is 2.12. The van der Waals surface area contributed by atoms with Gasteiger partial charge in [0, 0.05) is 12.1 Å². The van der Waals surface area contributed by atoms with Gasteiger partial charge < -0.3 is 15.4 Å². The van der Waals surface area contributed by atoms with Gasteiger partial charge >= 0.3 is 0 Å². The fourth-order valence-corrected chi connectivity index (χ4v) is 2.36. The topological polar surface area (TPSA) is 50.4 Å². The third-order valence-corrected chi connectivity index (χ3v) is 3.56. The Kier molecular flexibility index (Phi) is 2.05. The van der Waals surface area contributed by atoms with Crippen LogP contribution in [0.15, 0.2) is 12.1 Å². The van der Waals surface area contributed by atoms with Gasteiger partial charge in [-0.2, -0.15) is 0 Å². The van der Waals surface area contributed by atoms with Crippen LogP contribution < -0.4 is 15.4 Å². The number of halogens is 1. The molecular formula is C12H13FN2O2. The average molecular weight is 236 g/mol. The lowest BCUT2D eigenvalue weighted by Crippen LogP contribution is -2.57. The predicted molar refractivity (Wildman–Crippen MR) is 61.8 cm³/mol. The first-order valence-corrected chi connectivity index (χ1v) is 5.62. The van der Waals surface area contributed by atoms with Crippen LogP contribution in [-0.4, -0.2) is 18.6 Å². The molecule has 5 heteroatoms. The van der Waals surface area contributed by atoms with E-state index in [1.54, 1.807) is 6.07 Å². The number of fused-ring (bicyclic) bond motifs is 1. The summed E-state index contributed by atoms with van der Waals surface area (Å²) < 4.78 is 18.4. The van der Waals surface area contributed by atoms with E-state index in [1.165, 1.54) is 13.2 Å². The summed E-state index contributed by atoms with van der Waals surface area (Å²) in [6.45, 7) is 0. The Hall–Kier alpha value is -1.78. The number of amides is 1. The van der Waals surface area contributed by atoms with Gasteiger partial charge in [-0.3, -0.25) is 4.79 Å². The summed E-state index contributed by atoms with van der Waals surface area (Å²) in [4.78, 5) is 11.9. The number of methoxy groups -OCH3 is 1. The molecule has 0 bridgehead atoms. The molecule has 17 heavy (non-hydrogen) atoms. The van der Waals surface area contributed by atoms with Gasteiger partial charge in [-0.15, -0.1) is 0 Å². The molecule has 1 heterocycles. The maximum Gasteiger partial charge on any atom is 0.250 e. The Morgan fingerprint density at radius 3 is 2.71 bits per heavy atom. The van der Waals surface area contributed by atoms with Crippen molar-refractivity contribution in [3.63, 3.8) is 0 Å². The Labute approximate surface area is 98.1 Å². The van der Waals surface area contributed by atoms with E-state index < -0.39 is 11.4 Å². The Morgan fingerprint density at radius 1 is 1.35 bits per heavy atom. The van der Waals surface area contributed by atoms with Gasteiger partial charge in [0.05, 0.1) is 18.5 Å². The largest absolute Gasteiger partial charge is 0.494 e. The second-order valence-corrected chi connectivity index (χ2v) is 4.55. The van der Waals surface area contributed by atoms with Crippen molar-refractivity contribution in [1.29, 1.82) is 0 Å². The fourth-order valence-electron chi connectivity index (χ4n) is 2.36. The van der Waals surface area contributed by atoms with E-state index in [2.05, 4.69) is 10.6 Å². The number of carbonyl (C=O) groups is 1. The molecule has 0 aromatic heterocycles. The van der Waals surface area contributed by atoms with Crippen LogP contribution in [0, 0.1) is 5.82 Å². The van der Waals surface area contributed by atoms with Gasteiger partial charge in [-0.25, -0.2) is 4.39 Å². The molecular weight excluding hydrogens is 223 g/mol. The molecule has 1 aromatic rings. The van der Waals surface area contributed by atoms with Gasteiger partial charge in [0.15, 0.2) is 11.6 Å². The Balaban J connectivity index is 2.03. The fraction of sp³-hybridized carbons (Fsp3) is 0.417. The molecule has 90 valence electrons. The number of nitrogens with one attached hydrogen (secondary N) is 2. The molecule has 1 amide bonds. The highest BCUT2D eigenvalue weighted by molar-refractivity contribution is 6.06. The third kappa shape index (κ3) is 1.38. The second-order valence-electron chi connectivity index (χ2n) is 4.55. The maximum atomic E-state index is 13.5. The van der Waals surface area contributed by atoms with E-state index in [9.17, 15) is 9.18 Å². The zero-order valence-corrected chi connectivity index (χ0v) is 9.47. The molecule has 1 saturated carbocycles. The van der Waals surface area contributed by atoms with E-state index in [0.29, 0.717) is 5.69 Å². The third-order valence-electron chi connectivity index (χ3n) is 3.56. The number of rotatable bonds is 1. The van der Waals surface area contributed by atoms with Gasteiger partial charge in [-0.1, -0.05) is 0 Å². The van der Waals surface area contributed by atoms with Crippen LogP contribution in [0.25, 0.3) is 0 Å². The first-order chi connectivity index (χ1) is 8.14. The van der Waals surface area contributed by atoms with Crippen molar-refractivity contribution in [2.75, 3.05) is 17.7 Å². The number of benzene rings is 1. The standard InChI is InChI=1S/C12H13FN2O2/c1-17-10-6-9-8(5-7(10)13)14-11(16)12(15-9)3-2-4-12/h5-6,15H,2-4H2,1H3,(H,14,16). The van der Waals surface area contributed by atoms with Gasteiger partial charge in [0.25, 0.3) is 0 Å². The first kappa shape index (κ1) is 10.4. The summed E-state index contributed by atoms with van der Waals surface area (Å²) >= 11 is 0. The summed E-state index contributed by atoms with van der Waals surface area (Å²) in [7, 11) is 1.42. The van der Waals surface area contributed by atoms with Crippen molar-refractivity contribution in [2.45, 2.75) is 24.8 Å². The van der Waals surface area contributed by atoms with Crippen molar-refractivity contribution in [1.82, 2.24) is 0 Å². The number of hydrogen-bond acceptors (Lipinski definition) is 3. The normalized spacial score (nSPS) is 20.0. The molecule has 0 atom stereocenters. The monoisotopic (exact) mass is 236 g/mol. The summed E-state index contributed by atoms with van der Waals surface area (Å²) in [5.41, 5.74) is 0.712. The zero-order valence-electron chi connectivity index (χ0n) is 9.47. The zero-order chi connectivity index (χ0) is 12.0. The molecule has 1 spiro atoms. The van der Waals surface area contributed by atoms with Crippen molar-refractivity contribution < 1.29 is 13.9 Å². The van der Waals surface area contributed by atoms with Crippen LogP contribution >= 0.6 is 0 Å². The molecule has 1 aliphatic heterocycles. The lowest BCUT2D eigenvalue weighted by molar-refractivity contribution is -0.123. The molecule has 0 radical (unpaired) electrons. The number of anilines is 2. The van der Waals surface area contributed by atoms with E-state index in [4.69, 9.17) is 4.74 Å². The molecule has 2 aliphatic rings. The minimum absolute atomic E-state index is 0.0687. The van der Waals surface area contributed by atoms with Crippen molar-refractivity contribution in [2.24, 2.45) is 0 Å². The Bertz CT molecular complexity index is 498. The molecule has 4 nitrogen and oxygen atoms in total. The van der Waals surface area contributed by atoms with Gasteiger partial charge in [0.1, 0.15) is 5.54 Å². The quantitative estimate of drug-likeness (QED) is 0.785. The van der Waals surface area contributed by atoms with Crippen LogP contribution in [0.1, 0.15) is 19.3 Å². The molecule has 2 N–H and O–H groups in total. The summed E-state index contributed by atoms with van der Waals surface area (Å²) in [6.07, 6.45) is 2.67. The maximum absolute atomic E-state index is 13.5. The number of carbonyl (C=O) groups excluding carboxylic acids is 1. The summed E-state index contributed by atoms with van der Waals surface area (Å²) in [6, 6.07) is 2.87. The van der Waals surface area contributed by atoms with E-state index in [0.717, 1.165) is 24.9 Å². The number of hydrogen-bond donors (Lipinski definition) is 2. The molecule has 0 saturated heterocycles. The van der Waals surface area contributed by atoms with Crippen LogP contribution in [0.4, 0.5) is 15.8 Å². The Morgan fingerprint density at radius 2 is 2.12 bits per heavy atom. The van der Waals surface area contributed by atoms with E-state index in [-0.39, 0.29) is 11.7 Å². The lowest BCUT2D eigenvalue weighted by Gasteiger charge is -2.44.